The Bertz CT molecular complexity index is 509. The fourth-order valence-electron chi connectivity index (χ4n) is 3.48. The van der Waals surface area contributed by atoms with E-state index in [2.05, 4.69) is 0 Å². The van der Waals surface area contributed by atoms with Crippen LogP contribution in [0.3, 0.4) is 0 Å². The summed E-state index contributed by atoms with van der Waals surface area (Å²) in [6.07, 6.45) is 3.93. The molecule has 0 saturated carbocycles. The minimum absolute atomic E-state index is 0.298. The quantitative estimate of drug-likeness (QED) is 0.779. The molecule has 1 amide bonds. The third kappa shape index (κ3) is 4.12. The number of hydrogen-bond acceptors (Lipinski definition) is 2. The Balaban J connectivity index is 2.38. The fourth-order valence-corrected chi connectivity index (χ4v) is 3.48. The van der Waals surface area contributed by atoms with Crippen LogP contribution in [0.15, 0.2) is 30.3 Å². The number of nitrogens with zero attached hydrogens (tertiary/aromatic N) is 2. The zero-order valence-electron chi connectivity index (χ0n) is 14.7. The molecule has 1 aromatic rings. The van der Waals surface area contributed by atoms with E-state index >= 15 is 8.78 Å². The molecule has 0 N–H and O–H groups in total. The lowest BCUT2D eigenvalue weighted by Crippen LogP contribution is -2.52. The number of amides is 1. The summed E-state index contributed by atoms with van der Waals surface area (Å²) in [7, 11) is 0. The highest BCUT2D eigenvalue weighted by atomic mass is 19.3. The number of benzene rings is 1. The average Bonchev–Trinajstić information content (AvgIpc) is 2.86. The van der Waals surface area contributed by atoms with Gasteiger partial charge in [-0.1, -0.05) is 43.2 Å². The molecule has 134 valence electrons. The summed E-state index contributed by atoms with van der Waals surface area (Å²) in [5, 5.41) is 0. The number of rotatable bonds is 6. The first-order valence-electron chi connectivity index (χ1n) is 8.98. The molecule has 1 saturated heterocycles. The molecule has 5 heteroatoms. The number of carbonyl (C=O) groups is 1. The first kappa shape index (κ1) is 18.8. The predicted molar refractivity (Wildman–Crippen MR) is 92.1 cm³/mol. The van der Waals surface area contributed by atoms with Crippen molar-refractivity contribution < 1.29 is 13.6 Å². The molecule has 0 bridgehead atoms. The van der Waals surface area contributed by atoms with Crippen LogP contribution in [0.4, 0.5) is 8.78 Å². The van der Waals surface area contributed by atoms with Crippen molar-refractivity contribution in [1.29, 1.82) is 0 Å². The first-order chi connectivity index (χ1) is 11.5. The van der Waals surface area contributed by atoms with E-state index in [0.717, 1.165) is 25.7 Å². The summed E-state index contributed by atoms with van der Waals surface area (Å²) in [6.45, 7) is 5.29. The van der Waals surface area contributed by atoms with Crippen molar-refractivity contribution in [2.45, 2.75) is 51.5 Å². The molecule has 2 rings (SSSR count). The molecule has 1 atom stereocenters. The van der Waals surface area contributed by atoms with Crippen LogP contribution >= 0.6 is 0 Å². The lowest BCUT2D eigenvalue weighted by molar-refractivity contribution is -0.169. The normalized spacial score (nSPS) is 18.0. The van der Waals surface area contributed by atoms with E-state index in [1.54, 1.807) is 38.1 Å². The summed E-state index contributed by atoms with van der Waals surface area (Å²) in [6, 6.07) is 7.56. The number of alkyl halides is 2. The van der Waals surface area contributed by atoms with Gasteiger partial charge >= 0.3 is 5.92 Å². The predicted octanol–water partition coefficient (Wildman–Crippen LogP) is 4.11. The van der Waals surface area contributed by atoms with Crippen molar-refractivity contribution in [2.75, 3.05) is 26.2 Å². The van der Waals surface area contributed by atoms with Gasteiger partial charge in [0.2, 0.25) is 0 Å². The lowest BCUT2D eigenvalue weighted by atomic mass is 9.97. The van der Waals surface area contributed by atoms with Crippen LogP contribution < -0.4 is 0 Å². The zero-order valence-corrected chi connectivity index (χ0v) is 14.7. The van der Waals surface area contributed by atoms with Gasteiger partial charge in [-0.05, 0) is 45.3 Å². The Morgan fingerprint density at radius 1 is 1.08 bits per heavy atom. The highest BCUT2D eigenvalue weighted by molar-refractivity contribution is 5.84. The summed E-state index contributed by atoms with van der Waals surface area (Å²) in [4.78, 5) is 15.6. The number of hydrogen-bond donors (Lipinski definition) is 0. The molecule has 1 aromatic carbocycles. The summed E-state index contributed by atoms with van der Waals surface area (Å²) < 4.78 is 30.6. The van der Waals surface area contributed by atoms with Crippen LogP contribution in [-0.2, 0) is 4.79 Å². The molecule has 3 nitrogen and oxygen atoms in total. The second-order valence-electron chi connectivity index (χ2n) is 6.36. The van der Waals surface area contributed by atoms with Crippen LogP contribution in [0.25, 0.3) is 0 Å². The van der Waals surface area contributed by atoms with E-state index in [1.165, 1.54) is 4.90 Å². The maximum Gasteiger partial charge on any atom is 0.343 e. The lowest BCUT2D eigenvalue weighted by Gasteiger charge is -2.37. The summed E-state index contributed by atoms with van der Waals surface area (Å²) >= 11 is 0. The smallest absolute Gasteiger partial charge is 0.338 e. The van der Waals surface area contributed by atoms with E-state index in [0.29, 0.717) is 31.7 Å². The monoisotopic (exact) mass is 338 g/mol. The van der Waals surface area contributed by atoms with Crippen molar-refractivity contribution in [3.8, 4) is 0 Å². The van der Waals surface area contributed by atoms with Crippen LogP contribution in [0.1, 0.15) is 51.1 Å². The van der Waals surface area contributed by atoms with Gasteiger partial charge in [0.15, 0.2) is 0 Å². The first-order valence-corrected chi connectivity index (χ1v) is 8.98. The molecule has 0 aromatic heterocycles. The Morgan fingerprint density at radius 3 is 2.12 bits per heavy atom. The highest BCUT2D eigenvalue weighted by Gasteiger charge is 2.52. The van der Waals surface area contributed by atoms with Gasteiger partial charge < -0.3 is 4.90 Å². The number of halogens is 2. The maximum atomic E-state index is 15.3. The Hall–Kier alpha value is -1.49. The second kappa shape index (κ2) is 8.56. The largest absolute Gasteiger partial charge is 0.343 e. The maximum absolute atomic E-state index is 15.3. The number of likely N-dealkylation sites (tertiary alicyclic amines) is 1. The molecular formula is C19H28F2N2O. The molecule has 1 aliphatic heterocycles. The molecule has 0 radical (unpaired) electrons. The van der Waals surface area contributed by atoms with Gasteiger partial charge in [-0.25, -0.2) is 0 Å². The minimum atomic E-state index is -3.43. The third-order valence-corrected chi connectivity index (χ3v) is 4.80. The van der Waals surface area contributed by atoms with Gasteiger partial charge in [-0.3, -0.25) is 9.69 Å². The van der Waals surface area contributed by atoms with Crippen molar-refractivity contribution in [3.05, 3.63) is 35.9 Å². The van der Waals surface area contributed by atoms with E-state index in [4.69, 9.17) is 0 Å². The van der Waals surface area contributed by atoms with E-state index in [1.807, 2.05) is 11.0 Å². The van der Waals surface area contributed by atoms with E-state index in [9.17, 15) is 4.79 Å². The molecule has 24 heavy (non-hydrogen) atoms. The van der Waals surface area contributed by atoms with E-state index in [-0.39, 0.29) is 0 Å². The Kier molecular flexibility index (Phi) is 6.72. The van der Waals surface area contributed by atoms with Gasteiger partial charge in [0.25, 0.3) is 5.91 Å². The standard InChI is InChI=1S/C19H28F2N2O/c1-3-22(4-2)18(24)19(20,21)17(16-12-8-7-9-13-16)23-14-10-5-6-11-15-23/h7-9,12-13,17H,3-6,10-11,14-15H2,1-2H3. The molecule has 0 aliphatic carbocycles. The summed E-state index contributed by atoms with van der Waals surface area (Å²) in [5.74, 6) is -4.50. The van der Waals surface area contributed by atoms with Gasteiger partial charge in [-0.15, -0.1) is 0 Å². The van der Waals surface area contributed by atoms with Crippen molar-refractivity contribution in [2.24, 2.45) is 0 Å². The topological polar surface area (TPSA) is 23.6 Å². The Labute approximate surface area is 143 Å². The minimum Gasteiger partial charge on any atom is -0.338 e. The fraction of sp³-hybridized carbons (Fsp3) is 0.632. The van der Waals surface area contributed by atoms with Gasteiger partial charge in [-0.2, -0.15) is 8.78 Å². The van der Waals surface area contributed by atoms with Crippen LogP contribution in [0.2, 0.25) is 0 Å². The molecular weight excluding hydrogens is 310 g/mol. The molecule has 1 aliphatic rings. The molecule has 1 fully saturated rings. The van der Waals surface area contributed by atoms with Gasteiger partial charge in [0.1, 0.15) is 6.04 Å². The molecule has 1 heterocycles. The molecule has 0 spiro atoms. The van der Waals surface area contributed by atoms with Crippen LogP contribution in [-0.4, -0.2) is 47.8 Å². The molecule has 1 unspecified atom stereocenters. The van der Waals surface area contributed by atoms with E-state index < -0.39 is 17.9 Å². The van der Waals surface area contributed by atoms with Crippen molar-refractivity contribution >= 4 is 5.91 Å². The highest BCUT2D eigenvalue weighted by Crippen LogP contribution is 2.39. The Morgan fingerprint density at radius 2 is 1.62 bits per heavy atom. The van der Waals surface area contributed by atoms with Gasteiger partial charge in [0, 0.05) is 13.1 Å². The van der Waals surface area contributed by atoms with Crippen molar-refractivity contribution in [3.63, 3.8) is 0 Å². The van der Waals surface area contributed by atoms with Crippen molar-refractivity contribution in [1.82, 2.24) is 9.80 Å². The zero-order chi connectivity index (χ0) is 17.6. The van der Waals surface area contributed by atoms with Crippen LogP contribution in [0.5, 0.6) is 0 Å². The average molecular weight is 338 g/mol. The second-order valence-corrected chi connectivity index (χ2v) is 6.36. The van der Waals surface area contributed by atoms with Gasteiger partial charge in [0.05, 0.1) is 0 Å². The number of carbonyl (C=O) groups excluding carboxylic acids is 1. The third-order valence-electron chi connectivity index (χ3n) is 4.80. The van der Waals surface area contributed by atoms with Crippen LogP contribution in [0, 0.1) is 0 Å². The SMILES string of the molecule is CCN(CC)C(=O)C(F)(F)C(c1ccccc1)N1CCCCCC1. The summed E-state index contributed by atoms with van der Waals surface area (Å²) in [5.41, 5.74) is 0.518.